The van der Waals surface area contributed by atoms with Crippen LogP contribution in [-0.2, 0) is 0 Å². The van der Waals surface area contributed by atoms with Gasteiger partial charge in [-0.1, -0.05) is 32.9 Å². The maximum Gasteiger partial charge on any atom is -0.0234 e. The highest BCUT2D eigenvalue weighted by atomic mass is 14.1. The molecular formula is C10H19. The Kier molecular flexibility index (Phi) is 4.42. The van der Waals surface area contributed by atoms with Gasteiger partial charge >= 0.3 is 0 Å². The average Bonchev–Trinajstić information content (AvgIpc) is 1.87. The van der Waals surface area contributed by atoms with Crippen molar-refractivity contribution in [2.24, 2.45) is 11.8 Å². The molecule has 10 heavy (non-hydrogen) atoms. The van der Waals surface area contributed by atoms with Crippen LogP contribution in [0, 0.1) is 18.3 Å². The van der Waals surface area contributed by atoms with E-state index in [1.807, 2.05) is 0 Å². The first-order chi connectivity index (χ1) is 4.57. The Morgan fingerprint density at radius 3 is 2.30 bits per heavy atom. The topological polar surface area (TPSA) is 0 Å². The van der Waals surface area contributed by atoms with E-state index in [1.165, 1.54) is 12.0 Å². The van der Waals surface area contributed by atoms with Crippen molar-refractivity contribution in [3.63, 3.8) is 0 Å². The second-order valence-corrected chi connectivity index (χ2v) is 3.29. The fourth-order valence-corrected chi connectivity index (χ4v) is 0.895. The van der Waals surface area contributed by atoms with Gasteiger partial charge in [0.05, 0.1) is 0 Å². The molecule has 0 N–H and O–H groups in total. The molecule has 0 aliphatic carbocycles. The highest BCUT2D eigenvalue weighted by molar-refractivity contribution is 4.94. The maximum absolute atomic E-state index is 3.93. The molecule has 0 bridgehead atoms. The molecule has 0 aromatic heterocycles. The lowest BCUT2D eigenvalue weighted by Gasteiger charge is -2.14. The Morgan fingerprint density at radius 2 is 2.00 bits per heavy atom. The zero-order valence-electron chi connectivity index (χ0n) is 7.65. The first-order valence-electron chi connectivity index (χ1n) is 4.02. The van der Waals surface area contributed by atoms with Crippen LogP contribution in [0.25, 0.3) is 0 Å². The summed E-state index contributed by atoms with van der Waals surface area (Å²) < 4.78 is 0. The van der Waals surface area contributed by atoms with Gasteiger partial charge in [0.1, 0.15) is 0 Å². The molecule has 0 spiro atoms. The molecule has 0 amide bonds. The smallest absolute Gasteiger partial charge is 0.0234 e. The number of rotatable bonds is 4. The molecule has 0 heteroatoms. The van der Waals surface area contributed by atoms with Gasteiger partial charge in [-0.3, -0.25) is 0 Å². The summed E-state index contributed by atoms with van der Waals surface area (Å²) in [4.78, 5) is 0. The van der Waals surface area contributed by atoms with Crippen molar-refractivity contribution in [3.05, 3.63) is 18.6 Å². The van der Waals surface area contributed by atoms with Gasteiger partial charge in [0.2, 0.25) is 0 Å². The van der Waals surface area contributed by atoms with E-state index in [2.05, 4.69) is 40.7 Å². The van der Waals surface area contributed by atoms with Crippen LogP contribution < -0.4 is 0 Å². The fraction of sp³-hybridized carbons (Fsp3) is 0.700. The first-order valence-corrected chi connectivity index (χ1v) is 4.02. The minimum absolute atomic E-state index is 0.672. The third kappa shape index (κ3) is 3.71. The molecule has 0 saturated heterocycles. The number of hydrogen-bond donors (Lipinski definition) is 0. The van der Waals surface area contributed by atoms with Crippen LogP contribution >= 0.6 is 0 Å². The second kappa shape index (κ2) is 4.54. The molecule has 1 radical (unpaired) electrons. The minimum atomic E-state index is 0.672. The van der Waals surface area contributed by atoms with Gasteiger partial charge in [-0.2, -0.15) is 0 Å². The summed E-state index contributed by atoms with van der Waals surface area (Å²) in [7, 11) is 0. The lowest BCUT2D eigenvalue weighted by molar-refractivity contribution is 0.501. The predicted octanol–water partition coefficient (Wildman–Crippen LogP) is 3.45. The Labute approximate surface area is 65.3 Å². The molecule has 0 aromatic carbocycles. The standard InChI is InChI=1S/C10H19/c1-6-9(4)7-10(5)8(2)3/h6,9-10H,2,7H2,1,3-5H3. The van der Waals surface area contributed by atoms with Crippen molar-refractivity contribution in [2.75, 3.05) is 0 Å². The summed E-state index contributed by atoms with van der Waals surface area (Å²) >= 11 is 0. The van der Waals surface area contributed by atoms with Crippen molar-refractivity contribution in [2.45, 2.75) is 34.1 Å². The zero-order chi connectivity index (χ0) is 8.15. The van der Waals surface area contributed by atoms with Crippen molar-refractivity contribution in [1.29, 1.82) is 0 Å². The highest BCUT2D eigenvalue weighted by Gasteiger charge is 2.06. The van der Waals surface area contributed by atoms with Gasteiger partial charge < -0.3 is 0 Å². The van der Waals surface area contributed by atoms with Crippen LogP contribution in [-0.4, -0.2) is 0 Å². The summed E-state index contributed by atoms with van der Waals surface area (Å²) in [6, 6.07) is 0. The van der Waals surface area contributed by atoms with E-state index in [9.17, 15) is 0 Å². The molecule has 59 valence electrons. The Hall–Kier alpha value is -0.260. The molecule has 0 nitrogen and oxygen atoms in total. The molecule has 2 unspecified atom stereocenters. The predicted molar refractivity (Wildman–Crippen MR) is 47.7 cm³/mol. The monoisotopic (exact) mass is 139 g/mol. The summed E-state index contributed by atoms with van der Waals surface area (Å²) in [5, 5.41) is 0. The Morgan fingerprint density at radius 1 is 1.50 bits per heavy atom. The SMILES string of the molecule is C=C(C)C(C)CC(C)[CH]C. The molecular weight excluding hydrogens is 120 g/mol. The minimum Gasteiger partial charge on any atom is -0.0999 e. The van der Waals surface area contributed by atoms with E-state index < -0.39 is 0 Å². The van der Waals surface area contributed by atoms with Crippen LogP contribution in [0.4, 0.5) is 0 Å². The summed E-state index contributed by atoms with van der Waals surface area (Å²) in [6.07, 6.45) is 3.49. The number of allylic oxidation sites excluding steroid dienone is 1. The van der Waals surface area contributed by atoms with Crippen LogP contribution in [0.1, 0.15) is 34.1 Å². The fourth-order valence-electron chi connectivity index (χ4n) is 0.895. The largest absolute Gasteiger partial charge is 0.0999 e. The van der Waals surface area contributed by atoms with Crippen molar-refractivity contribution < 1.29 is 0 Å². The van der Waals surface area contributed by atoms with Crippen molar-refractivity contribution in [3.8, 4) is 0 Å². The molecule has 0 rings (SSSR count). The third-order valence-corrected chi connectivity index (χ3v) is 2.14. The average molecular weight is 139 g/mol. The van der Waals surface area contributed by atoms with E-state index in [4.69, 9.17) is 0 Å². The zero-order valence-corrected chi connectivity index (χ0v) is 7.65. The van der Waals surface area contributed by atoms with Crippen molar-refractivity contribution >= 4 is 0 Å². The van der Waals surface area contributed by atoms with Crippen LogP contribution in [0.5, 0.6) is 0 Å². The normalized spacial score (nSPS) is 16.4. The quantitative estimate of drug-likeness (QED) is 0.523. The molecule has 0 aliphatic heterocycles. The Bertz CT molecular complexity index is 103. The molecule has 0 saturated carbocycles. The molecule has 0 heterocycles. The van der Waals surface area contributed by atoms with Crippen LogP contribution in [0.2, 0.25) is 0 Å². The van der Waals surface area contributed by atoms with Crippen molar-refractivity contribution in [1.82, 2.24) is 0 Å². The molecule has 2 atom stereocenters. The van der Waals surface area contributed by atoms with Gasteiger partial charge in [-0.15, -0.1) is 0 Å². The van der Waals surface area contributed by atoms with E-state index in [0.29, 0.717) is 5.92 Å². The van der Waals surface area contributed by atoms with E-state index in [1.54, 1.807) is 0 Å². The summed E-state index contributed by atoms with van der Waals surface area (Å²) in [5.41, 5.74) is 1.30. The molecule has 0 fully saturated rings. The summed E-state index contributed by atoms with van der Waals surface area (Å²) in [5.74, 6) is 1.40. The summed E-state index contributed by atoms with van der Waals surface area (Å²) in [6.45, 7) is 12.6. The van der Waals surface area contributed by atoms with Gasteiger partial charge in [0.25, 0.3) is 0 Å². The Balaban J connectivity index is 3.56. The first kappa shape index (κ1) is 9.74. The van der Waals surface area contributed by atoms with Crippen LogP contribution in [0.3, 0.4) is 0 Å². The third-order valence-electron chi connectivity index (χ3n) is 2.14. The van der Waals surface area contributed by atoms with Gasteiger partial charge in [0, 0.05) is 0 Å². The van der Waals surface area contributed by atoms with E-state index in [-0.39, 0.29) is 0 Å². The lowest BCUT2D eigenvalue weighted by Crippen LogP contribution is -2.02. The van der Waals surface area contributed by atoms with E-state index in [0.717, 1.165) is 5.92 Å². The molecule has 0 aromatic rings. The van der Waals surface area contributed by atoms with E-state index >= 15 is 0 Å². The lowest BCUT2D eigenvalue weighted by atomic mass is 9.91. The van der Waals surface area contributed by atoms with Gasteiger partial charge in [0.15, 0.2) is 0 Å². The second-order valence-electron chi connectivity index (χ2n) is 3.29. The molecule has 0 aliphatic rings. The maximum atomic E-state index is 3.93. The van der Waals surface area contributed by atoms with Gasteiger partial charge in [-0.05, 0) is 31.6 Å². The number of hydrogen-bond acceptors (Lipinski definition) is 0. The van der Waals surface area contributed by atoms with Gasteiger partial charge in [-0.25, -0.2) is 0 Å². The highest BCUT2D eigenvalue weighted by Crippen LogP contribution is 2.18. The van der Waals surface area contributed by atoms with Crippen LogP contribution in [0.15, 0.2) is 12.2 Å².